The van der Waals surface area contributed by atoms with Gasteiger partial charge in [-0.1, -0.05) is 6.92 Å². The average Bonchev–Trinajstić information content (AvgIpc) is 2.50. The van der Waals surface area contributed by atoms with Gasteiger partial charge in [0.05, 0.1) is 0 Å². The molecule has 5 heteroatoms. The van der Waals surface area contributed by atoms with Crippen molar-refractivity contribution in [2.24, 2.45) is 5.92 Å². The normalized spacial score (nSPS) is 15.7. The monoisotopic (exact) mass is 275 g/mol. The SMILES string of the molecule is CCC(=O)Nc1ccc(NC(=O)C2CCNCC2)cc1. The fourth-order valence-corrected chi connectivity index (χ4v) is 2.21. The van der Waals surface area contributed by atoms with Crippen molar-refractivity contribution in [2.45, 2.75) is 26.2 Å². The molecule has 0 unspecified atom stereocenters. The molecule has 0 atom stereocenters. The fourth-order valence-electron chi connectivity index (χ4n) is 2.21. The van der Waals surface area contributed by atoms with Crippen molar-refractivity contribution in [3.8, 4) is 0 Å². The molecule has 1 aliphatic rings. The molecule has 1 heterocycles. The zero-order valence-electron chi connectivity index (χ0n) is 11.7. The molecular weight excluding hydrogens is 254 g/mol. The zero-order valence-corrected chi connectivity index (χ0v) is 11.7. The van der Waals surface area contributed by atoms with Crippen LogP contribution < -0.4 is 16.0 Å². The molecule has 0 aliphatic carbocycles. The quantitative estimate of drug-likeness (QED) is 0.787. The maximum absolute atomic E-state index is 12.1. The third-order valence-corrected chi connectivity index (χ3v) is 3.47. The van der Waals surface area contributed by atoms with Crippen LogP contribution in [0.3, 0.4) is 0 Å². The number of anilines is 2. The van der Waals surface area contributed by atoms with Crippen molar-refractivity contribution in [2.75, 3.05) is 23.7 Å². The van der Waals surface area contributed by atoms with Gasteiger partial charge in [0.25, 0.3) is 0 Å². The third kappa shape index (κ3) is 4.06. The van der Waals surface area contributed by atoms with E-state index in [1.54, 1.807) is 12.1 Å². The van der Waals surface area contributed by atoms with Gasteiger partial charge in [-0.25, -0.2) is 0 Å². The average molecular weight is 275 g/mol. The molecule has 1 aromatic carbocycles. The van der Waals surface area contributed by atoms with Crippen LogP contribution in [-0.2, 0) is 9.59 Å². The predicted octanol–water partition coefficient (Wildman–Crippen LogP) is 1.97. The lowest BCUT2D eigenvalue weighted by atomic mass is 9.97. The Kier molecular flexibility index (Phi) is 5.12. The highest BCUT2D eigenvalue weighted by molar-refractivity contribution is 5.93. The molecule has 1 saturated heterocycles. The van der Waals surface area contributed by atoms with Gasteiger partial charge in [0.15, 0.2) is 0 Å². The van der Waals surface area contributed by atoms with Gasteiger partial charge in [0, 0.05) is 23.7 Å². The van der Waals surface area contributed by atoms with E-state index in [0.29, 0.717) is 6.42 Å². The summed E-state index contributed by atoms with van der Waals surface area (Å²) in [6, 6.07) is 7.21. The number of nitrogens with one attached hydrogen (secondary N) is 3. The summed E-state index contributed by atoms with van der Waals surface area (Å²) < 4.78 is 0. The standard InChI is InChI=1S/C15H21N3O2/c1-2-14(19)17-12-3-5-13(6-4-12)18-15(20)11-7-9-16-10-8-11/h3-6,11,16H,2,7-10H2,1H3,(H,17,19)(H,18,20). The lowest BCUT2D eigenvalue weighted by molar-refractivity contribution is -0.120. The van der Waals surface area contributed by atoms with Crippen LogP contribution >= 0.6 is 0 Å². The van der Waals surface area contributed by atoms with Crippen molar-refractivity contribution in [3.05, 3.63) is 24.3 Å². The van der Waals surface area contributed by atoms with E-state index in [1.807, 2.05) is 19.1 Å². The smallest absolute Gasteiger partial charge is 0.227 e. The van der Waals surface area contributed by atoms with Crippen molar-refractivity contribution in [1.29, 1.82) is 0 Å². The molecule has 5 nitrogen and oxygen atoms in total. The first-order valence-electron chi connectivity index (χ1n) is 7.10. The van der Waals surface area contributed by atoms with Crippen molar-refractivity contribution in [1.82, 2.24) is 5.32 Å². The Bertz CT molecular complexity index is 465. The Morgan fingerprint density at radius 2 is 1.65 bits per heavy atom. The van der Waals surface area contributed by atoms with Crippen LogP contribution in [0.15, 0.2) is 24.3 Å². The Labute approximate surface area is 119 Å². The van der Waals surface area contributed by atoms with E-state index in [0.717, 1.165) is 37.3 Å². The van der Waals surface area contributed by atoms with E-state index in [2.05, 4.69) is 16.0 Å². The van der Waals surface area contributed by atoms with E-state index in [9.17, 15) is 9.59 Å². The molecule has 1 fully saturated rings. The highest BCUT2D eigenvalue weighted by atomic mass is 16.2. The summed E-state index contributed by atoms with van der Waals surface area (Å²) in [5.74, 6) is 0.157. The van der Waals surface area contributed by atoms with Gasteiger partial charge in [-0.2, -0.15) is 0 Å². The maximum atomic E-state index is 12.1. The Morgan fingerprint density at radius 3 is 2.20 bits per heavy atom. The van der Waals surface area contributed by atoms with Crippen LogP contribution in [0, 0.1) is 5.92 Å². The number of carbonyl (C=O) groups excluding carboxylic acids is 2. The predicted molar refractivity (Wildman–Crippen MR) is 79.6 cm³/mol. The summed E-state index contributed by atoms with van der Waals surface area (Å²) in [4.78, 5) is 23.3. The van der Waals surface area contributed by atoms with Crippen LogP contribution in [0.5, 0.6) is 0 Å². The van der Waals surface area contributed by atoms with Crippen LogP contribution in [0.25, 0.3) is 0 Å². The van der Waals surface area contributed by atoms with E-state index in [4.69, 9.17) is 0 Å². The minimum absolute atomic E-state index is 0.0171. The fraction of sp³-hybridized carbons (Fsp3) is 0.467. The van der Waals surface area contributed by atoms with Crippen LogP contribution in [0.2, 0.25) is 0 Å². The van der Waals surface area contributed by atoms with Gasteiger partial charge in [-0.15, -0.1) is 0 Å². The first-order valence-corrected chi connectivity index (χ1v) is 7.10. The summed E-state index contributed by atoms with van der Waals surface area (Å²) in [6.45, 7) is 3.61. The molecule has 2 rings (SSSR count). The highest BCUT2D eigenvalue weighted by Gasteiger charge is 2.20. The molecule has 0 aromatic heterocycles. The molecule has 3 N–H and O–H groups in total. The lowest BCUT2D eigenvalue weighted by Crippen LogP contribution is -2.34. The molecule has 20 heavy (non-hydrogen) atoms. The van der Waals surface area contributed by atoms with E-state index < -0.39 is 0 Å². The van der Waals surface area contributed by atoms with Crippen LogP contribution in [-0.4, -0.2) is 24.9 Å². The van der Waals surface area contributed by atoms with Gasteiger partial charge >= 0.3 is 0 Å². The Hall–Kier alpha value is -1.88. The van der Waals surface area contributed by atoms with E-state index >= 15 is 0 Å². The second-order valence-corrected chi connectivity index (χ2v) is 4.99. The van der Waals surface area contributed by atoms with Crippen LogP contribution in [0.4, 0.5) is 11.4 Å². The van der Waals surface area contributed by atoms with Crippen molar-refractivity contribution in [3.63, 3.8) is 0 Å². The number of carbonyl (C=O) groups is 2. The minimum Gasteiger partial charge on any atom is -0.326 e. The largest absolute Gasteiger partial charge is 0.326 e. The zero-order chi connectivity index (χ0) is 14.4. The Balaban J connectivity index is 1.89. The van der Waals surface area contributed by atoms with Gasteiger partial charge in [0.1, 0.15) is 0 Å². The Morgan fingerprint density at radius 1 is 1.10 bits per heavy atom. The van der Waals surface area contributed by atoms with Crippen molar-refractivity contribution >= 4 is 23.2 Å². The number of hydrogen-bond donors (Lipinski definition) is 3. The number of benzene rings is 1. The van der Waals surface area contributed by atoms with Crippen molar-refractivity contribution < 1.29 is 9.59 Å². The highest BCUT2D eigenvalue weighted by Crippen LogP contribution is 2.17. The molecule has 1 aliphatic heterocycles. The third-order valence-electron chi connectivity index (χ3n) is 3.47. The second kappa shape index (κ2) is 7.05. The number of hydrogen-bond acceptors (Lipinski definition) is 3. The molecule has 1 aromatic rings. The summed E-state index contributed by atoms with van der Waals surface area (Å²) >= 11 is 0. The van der Waals surface area contributed by atoms with Gasteiger partial charge in [-0.05, 0) is 50.2 Å². The first kappa shape index (κ1) is 14.5. The number of amides is 2. The van der Waals surface area contributed by atoms with Gasteiger partial charge < -0.3 is 16.0 Å². The topological polar surface area (TPSA) is 70.2 Å². The van der Waals surface area contributed by atoms with Crippen LogP contribution in [0.1, 0.15) is 26.2 Å². The summed E-state index contributed by atoms with van der Waals surface area (Å²) in [5, 5.41) is 8.95. The summed E-state index contributed by atoms with van der Waals surface area (Å²) in [5.41, 5.74) is 1.51. The lowest BCUT2D eigenvalue weighted by Gasteiger charge is -2.21. The molecule has 0 spiro atoms. The summed E-state index contributed by atoms with van der Waals surface area (Å²) in [7, 11) is 0. The molecule has 0 bridgehead atoms. The van der Waals surface area contributed by atoms with Gasteiger partial charge in [0.2, 0.25) is 11.8 Å². The van der Waals surface area contributed by atoms with Gasteiger partial charge in [-0.3, -0.25) is 9.59 Å². The molecule has 0 radical (unpaired) electrons. The van der Waals surface area contributed by atoms with E-state index in [-0.39, 0.29) is 17.7 Å². The maximum Gasteiger partial charge on any atom is 0.227 e. The number of piperidine rings is 1. The minimum atomic E-state index is -0.0171. The second-order valence-electron chi connectivity index (χ2n) is 4.99. The summed E-state index contributed by atoms with van der Waals surface area (Å²) in [6.07, 6.45) is 2.22. The van der Waals surface area contributed by atoms with E-state index in [1.165, 1.54) is 0 Å². The molecule has 108 valence electrons. The molecule has 2 amide bonds. The molecule has 0 saturated carbocycles. The number of rotatable bonds is 4. The molecular formula is C15H21N3O2. The first-order chi connectivity index (χ1) is 9.69.